The molecular formula is C46H72N6O9S. The number of carboxylic acids is 1. The molecule has 3 rings (SSSR count). The molecule has 0 saturated carbocycles. The average molecular weight is 885 g/mol. The molecule has 1 aromatic heterocycles. The number of rotatable bonds is 25. The lowest BCUT2D eigenvalue weighted by Gasteiger charge is -2.40. The number of carbonyl (C=O) groups excluding carboxylic acids is 5. The van der Waals surface area contributed by atoms with Gasteiger partial charge in [-0.05, 0) is 95.5 Å². The third-order valence-corrected chi connectivity index (χ3v) is 12.9. The normalized spacial score (nSPS) is 17.0. The van der Waals surface area contributed by atoms with Crippen LogP contribution >= 0.6 is 11.3 Å². The van der Waals surface area contributed by atoms with Crippen molar-refractivity contribution in [2.24, 2.45) is 29.1 Å². The van der Waals surface area contributed by atoms with Crippen LogP contribution in [0.15, 0.2) is 29.6 Å². The van der Waals surface area contributed by atoms with Gasteiger partial charge in [-0.15, -0.1) is 11.3 Å². The van der Waals surface area contributed by atoms with Gasteiger partial charge in [0.15, 0.2) is 6.10 Å². The first kappa shape index (κ1) is 51.9. The molecule has 0 aliphatic carbocycles. The van der Waals surface area contributed by atoms with Crippen LogP contribution in [-0.4, -0.2) is 99.5 Å². The first-order valence-electron chi connectivity index (χ1n) is 22.3. The number of thiazole rings is 1. The number of esters is 1. The van der Waals surface area contributed by atoms with Crippen molar-refractivity contribution in [1.82, 2.24) is 20.1 Å². The second kappa shape index (κ2) is 25.0. The van der Waals surface area contributed by atoms with Crippen molar-refractivity contribution in [3.8, 4) is 0 Å². The molecule has 1 aliphatic rings. The van der Waals surface area contributed by atoms with Crippen LogP contribution < -0.4 is 16.0 Å². The average Bonchev–Trinajstić information content (AvgIpc) is 3.68. The number of carboxylic acid groups (broad SMARTS) is 1. The lowest BCUT2D eigenvalue weighted by molar-refractivity contribution is -0.151. The predicted octanol–water partition coefficient (Wildman–Crippen LogP) is 7.02. The molecular weight excluding hydrogens is 813 g/mol. The van der Waals surface area contributed by atoms with Gasteiger partial charge >= 0.3 is 11.9 Å². The maximum atomic E-state index is 14.9. The maximum absolute atomic E-state index is 14.9. The van der Waals surface area contributed by atoms with Gasteiger partial charge in [0, 0.05) is 42.9 Å². The monoisotopic (exact) mass is 885 g/mol. The number of hydrogen-bond acceptors (Lipinski definition) is 11. The van der Waals surface area contributed by atoms with E-state index >= 15 is 0 Å². The minimum Gasteiger partial charge on any atom is -0.481 e. The summed E-state index contributed by atoms with van der Waals surface area (Å²) in [5.74, 6) is -4.91. The van der Waals surface area contributed by atoms with E-state index in [0.29, 0.717) is 23.7 Å². The molecule has 0 spiro atoms. The number of aliphatic hydroxyl groups is 1. The van der Waals surface area contributed by atoms with Crippen LogP contribution in [0.2, 0.25) is 0 Å². The Bertz CT molecular complexity index is 1780. The Morgan fingerprint density at radius 1 is 1.00 bits per heavy atom. The Hall–Kier alpha value is -4.41. The zero-order valence-corrected chi connectivity index (χ0v) is 39.1. The summed E-state index contributed by atoms with van der Waals surface area (Å²) in [6.07, 6.45) is 6.61. The SMILES string of the molecule is CCCCCCN(C(=O)[C@H](C(=O)N[C@H]1CCCCN1C)[C@@H](C)CC)[C@H](C[C@@H](OC(C)=O)c1nc(NC(=O)[C@@H](Cc2ccc(NC(=O)CO)cc2)CC(C)(C)C(=O)O)cs1)C(C)C. The second-order valence-electron chi connectivity index (χ2n) is 17.9. The molecule has 2 aromatic rings. The van der Waals surface area contributed by atoms with Crippen LogP contribution in [-0.2, 0) is 39.9 Å². The van der Waals surface area contributed by atoms with Crippen molar-refractivity contribution in [2.45, 2.75) is 144 Å². The zero-order chi connectivity index (χ0) is 46.1. The van der Waals surface area contributed by atoms with Gasteiger partial charge in [-0.1, -0.05) is 72.4 Å². The van der Waals surface area contributed by atoms with Crippen LogP contribution in [0.3, 0.4) is 0 Å². The number of carbonyl (C=O) groups is 6. The van der Waals surface area contributed by atoms with E-state index in [4.69, 9.17) is 14.8 Å². The molecule has 0 radical (unpaired) electrons. The van der Waals surface area contributed by atoms with Gasteiger partial charge in [-0.3, -0.25) is 33.7 Å². The Kier molecular flexibility index (Phi) is 21.0. The zero-order valence-electron chi connectivity index (χ0n) is 38.3. The number of ether oxygens (including phenoxy) is 1. The van der Waals surface area contributed by atoms with E-state index in [1.807, 2.05) is 39.6 Å². The third-order valence-electron chi connectivity index (χ3n) is 11.9. The fraction of sp³-hybridized carbons (Fsp3) is 0.674. The van der Waals surface area contributed by atoms with Gasteiger partial charge < -0.3 is 35.8 Å². The molecule has 1 saturated heterocycles. The number of nitrogens with one attached hydrogen (secondary N) is 3. The number of aliphatic hydroxyl groups excluding tert-OH is 1. The third kappa shape index (κ3) is 15.7. The van der Waals surface area contributed by atoms with Gasteiger partial charge in [-0.2, -0.15) is 0 Å². The summed E-state index contributed by atoms with van der Waals surface area (Å²) in [4.78, 5) is 88.1. The molecule has 346 valence electrons. The highest BCUT2D eigenvalue weighted by molar-refractivity contribution is 7.10. The highest BCUT2D eigenvalue weighted by atomic mass is 32.1. The molecule has 0 unspecified atom stereocenters. The fourth-order valence-electron chi connectivity index (χ4n) is 7.96. The molecule has 16 heteroatoms. The molecule has 5 N–H and O–H groups in total. The van der Waals surface area contributed by atoms with Crippen LogP contribution in [0.5, 0.6) is 0 Å². The largest absolute Gasteiger partial charge is 0.481 e. The summed E-state index contributed by atoms with van der Waals surface area (Å²) in [7, 11) is 1.99. The van der Waals surface area contributed by atoms with Gasteiger partial charge in [0.25, 0.3) is 0 Å². The van der Waals surface area contributed by atoms with Gasteiger partial charge in [0.1, 0.15) is 23.4 Å². The van der Waals surface area contributed by atoms with E-state index in [1.54, 1.807) is 43.5 Å². The molecule has 6 atom stereocenters. The van der Waals surface area contributed by atoms with E-state index in [0.717, 1.165) is 57.1 Å². The summed E-state index contributed by atoms with van der Waals surface area (Å²) in [5, 5.41) is 29.7. The van der Waals surface area contributed by atoms with Crippen molar-refractivity contribution < 1.29 is 43.7 Å². The van der Waals surface area contributed by atoms with Crippen LogP contribution in [0, 0.1) is 29.1 Å². The summed E-state index contributed by atoms with van der Waals surface area (Å²) >= 11 is 1.20. The Balaban J connectivity index is 1.94. The number of likely N-dealkylation sites (tertiary alicyclic amines) is 1. The molecule has 62 heavy (non-hydrogen) atoms. The fourth-order valence-corrected chi connectivity index (χ4v) is 8.75. The number of hydrogen-bond donors (Lipinski definition) is 5. The van der Waals surface area contributed by atoms with Crippen molar-refractivity contribution in [2.75, 3.05) is 37.4 Å². The number of benzene rings is 1. The first-order valence-corrected chi connectivity index (χ1v) is 23.2. The number of unbranched alkanes of at least 4 members (excludes halogenated alkanes) is 3. The molecule has 1 aliphatic heterocycles. The van der Waals surface area contributed by atoms with Crippen molar-refractivity contribution in [3.05, 3.63) is 40.2 Å². The Labute approximate surface area is 372 Å². The first-order chi connectivity index (χ1) is 29.3. The second-order valence-corrected chi connectivity index (χ2v) is 18.7. The summed E-state index contributed by atoms with van der Waals surface area (Å²) in [6, 6.07) is 6.30. The number of aliphatic carboxylic acids is 1. The lowest BCUT2D eigenvalue weighted by atomic mass is 9.80. The van der Waals surface area contributed by atoms with E-state index < -0.39 is 59.8 Å². The molecule has 15 nitrogen and oxygen atoms in total. The predicted molar refractivity (Wildman–Crippen MR) is 241 cm³/mol. The van der Waals surface area contributed by atoms with Crippen molar-refractivity contribution >= 4 is 58.4 Å². The van der Waals surface area contributed by atoms with Crippen LogP contribution in [0.1, 0.15) is 136 Å². The van der Waals surface area contributed by atoms with Crippen molar-refractivity contribution in [1.29, 1.82) is 0 Å². The summed E-state index contributed by atoms with van der Waals surface area (Å²) in [6.45, 7) is 15.2. The van der Waals surface area contributed by atoms with E-state index in [2.05, 4.69) is 27.8 Å². The Morgan fingerprint density at radius 2 is 1.69 bits per heavy atom. The number of nitrogens with zero attached hydrogens (tertiary/aromatic N) is 3. The summed E-state index contributed by atoms with van der Waals surface area (Å²) < 4.78 is 5.92. The highest BCUT2D eigenvalue weighted by Gasteiger charge is 2.41. The van der Waals surface area contributed by atoms with Gasteiger partial charge in [0.2, 0.25) is 23.6 Å². The number of aromatic nitrogens is 1. The van der Waals surface area contributed by atoms with E-state index in [9.17, 15) is 33.9 Å². The van der Waals surface area contributed by atoms with Crippen LogP contribution in [0.25, 0.3) is 0 Å². The molecule has 0 bridgehead atoms. The Morgan fingerprint density at radius 3 is 2.27 bits per heavy atom. The minimum atomic E-state index is -1.24. The standard InChI is InChI=1S/C46H72N6O9S/c1-10-12-13-15-23-52(44(58)40(30(5)11-2)42(57)50-38-17-14-16-22-51(38)9)35(29(3)4)25-36(61-31(6)54)43-49-37(28-62-43)48-41(56)33(26-46(7,8)45(59)60)24-32-18-20-34(21-19-32)47-39(55)27-53/h18-21,28-30,33,35-36,38,40,53H,10-17,22-27H2,1-9H3,(H,47,55)(H,48,56)(H,50,57)(H,59,60)/t30-,33-,35+,36+,38+,40-/m0/s1. The maximum Gasteiger partial charge on any atom is 0.309 e. The van der Waals surface area contributed by atoms with E-state index in [1.165, 1.54) is 18.3 Å². The smallest absolute Gasteiger partial charge is 0.309 e. The molecule has 2 heterocycles. The van der Waals surface area contributed by atoms with Crippen LogP contribution in [0.4, 0.5) is 11.5 Å². The van der Waals surface area contributed by atoms with Crippen molar-refractivity contribution in [3.63, 3.8) is 0 Å². The topological polar surface area (TPSA) is 208 Å². The lowest BCUT2D eigenvalue weighted by Crippen LogP contribution is -2.56. The number of anilines is 2. The quantitative estimate of drug-likeness (QED) is 0.0389. The minimum absolute atomic E-state index is 0.00937. The molecule has 1 aromatic carbocycles. The number of piperidine rings is 1. The molecule has 4 amide bonds. The highest BCUT2D eigenvalue weighted by Crippen LogP contribution is 2.35. The number of amides is 4. The summed E-state index contributed by atoms with van der Waals surface area (Å²) in [5.41, 5.74) is -0.0496. The molecule has 1 fully saturated rings. The van der Waals surface area contributed by atoms with Gasteiger partial charge in [-0.25, -0.2) is 4.98 Å². The van der Waals surface area contributed by atoms with Gasteiger partial charge in [0.05, 0.1) is 11.6 Å². The van der Waals surface area contributed by atoms with E-state index in [-0.39, 0.29) is 54.9 Å².